The summed E-state index contributed by atoms with van der Waals surface area (Å²) in [6.45, 7) is 7.41. The summed E-state index contributed by atoms with van der Waals surface area (Å²) in [5.74, 6) is 0. The summed E-state index contributed by atoms with van der Waals surface area (Å²) in [7, 11) is 0. The van der Waals surface area contributed by atoms with Gasteiger partial charge in [-0.05, 0) is 45.7 Å². The van der Waals surface area contributed by atoms with Gasteiger partial charge in [-0.25, -0.2) is 0 Å². The highest BCUT2D eigenvalue weighted by Gasteiger charge is 2.20. The van der Waals surface area contributed by atoms with Gasteiger partial charge in [-0.15, -0.1) is 0 Å². The van der Waals surface area contributed by atoms with Crippen molar-refractivity contribution in [2.75, 3.05) is 5.32 Å². The lowest BCUT2D eigenvalue weighted by Gasteiger charge is -2.23. The minimum absolute atomic E-state index is 0.0469. The average Bonchev–Trinajstić information content (AvgIpc) is 3.18. The molecule has 1 aliphatic carbocycles. The molecule has 2 N–H and O–H groups in total. The van der Waals surface area contributed by atoms with Crippen LogP contribution in [0, 0.1) is 0 Å². The van der Waals surface area contributed by atoms with E-state index in [1.807, 2.05) is 6.07 Å². The number of rotatable bonds is 4. The van der Waals surface area contributed by atoms with Crippen molar-refractivity contribution in [3.63, 3.8) is 0 Å². The van der Waals surface area contributed by atoms with Gasteiger partial charge in [0.2, 0.25) is 0 Å². The lowest BCUT2D eigenvalue weighted by atomic mass is 10.1. The van der Waals surface area contributed by atoms with Crippen LogP contribution in [0.4, 0.5) is 5.69 Å². The molecule has 1 saturated carbocycles. The van der Waals surface area contributed by atoms with E-state index in [1.165, 1.54) is 23.9 Å². The predicted molar refractivity (Wildman–Crippen MR) is 85.0 cm³/mol. The van der Waals surface area contributed by atoms with Gasteiger partial charge in [-0.1, -0.05) is 18.2 Å². The van der Waals surface area contributed by atoms with Crippen LogP contribution in [0.2, 0.25) is 0 Å². The average molecular weight is 269 g/mol. The molecular weight excluding hydrogens is 246 g/mol. The molecule has 1 aliphatic rings. The summed E-state index contributed by atoms with van der Waals surface area (Å²) in [4.78, 5) is 4.76. The molecule has 3 heteroatoms. The Kier molecular flexibility index (Phi) is 3.38. The van der Waals surface area contributed by atoms with Crippen LogP contribution in [0.25, 0.3) is 10.9 Å². The second-order valence-corrected chi connectivity index (χ2v) is 6.71. The van der Waals surface area contributed by atoms with E-state index in [1.54, 1.807) is 0 Å². The second kappa shape index (κ2) is 5.06. The van der Waals surface area contributed by atoms with Gasteiger partial charge in [0, 0.05) is 29.2 Å². The molecule has 0 saturated heterocycles. The van der Waals surface area contributed by atoms with Gasteiger partial charge >= 0.3 is 0 Å². The fourth-order valence-corrected chi connectivity index (χ4v) is 2.36. The third kappa shape index (κ3) is 3.28. The van der Waals surface area contributed by atoms with Crippen molar-refractivity contribution >= 4 is 16.6 Å². The van der Waals surface area contributed by atoms with Crippen LogP contribution >= 0.6 is 0 Å². The molecular formula is C17H23N3. The van der Waals surface area contributed by atoms with Crippen molar-refractivity contribution in [3.05, 3.63) is 36.0 Å². The molecule has 0 spiro atoms. The van der Waals surface area contributed by atoms with Gasteiger partial charge < -0.3 is 10.6 Å². The molecule has 1 aromatic heterocycles. The van der Waals surface area contributed by atoms with Crippen LogP contribution in [-0.4, -0.2) is 16.6 Å². The maximum atomic E-state index is 4.76. The topological polar surface area (TPSA) is 37.0 Å². The minimum atomic E-state index is 0.0469. The molecule has 3 rings (SSSR count). The highest BCUT2D eigenvalue weighted by molar-refractivity contribution is 5.91. The summed E-state index contributed by atoms with van der Waals surface area (Å²) < 4.78 is 0. The summed E-state index contributed by atoms with van der Waals surface area (Å²) in [5, 5.41) is 8.33. The fraction of sp³-hybridized carbons (Fsp3) is 0.471. The van der Waals surface area contributed by atoms with E-state index in [-0.39, 0.29) is 5.54 Å². The van der Waals surface area contributed by atoms with Gasteiger partial charge in [0.05, 0.1) is 11.2 Å². The van der Waals surface area contributed by atoms with E-state index in [0.29, 0.717) is 6.04 Å². The van der Waals surface area contributed by atoms with Crippen LogP contribution in [0.15, 0.2) is 30.3 Å². The van der Waals surface area contributed by atoms with Crippen molar-refractivity contribution in [1.82, 2.24) is 10.3 Å². The number of para-hydroxylation sites is 1. The Bertz CT molecular complexity index is 609. The van der Waals surface area contributed by atoms with Gasteiger partial charge in [-0.2, -0.15) is 0 Å². The Labute approximate surface area is 120 Å². The Morgan fingerprint density at radius 3 is 2.65 bits per heavy atom. The summed E-state index contributed by atoms with van der Waals surface area (Å²) in [6.07, 6.45) is 2.61. The van der Waals surface area contributed by atoms with E-state index in [4.69, 9.17) is 4.98 Å². The molecule has 1 fully saturated rings. The quantitative estimate of drug-likeness (QED) is 0.888. The molecule has 0 unspecified atom stereocenters. The number of anilines is 1. The van der Waals surface area contributed by atoms with Crippen LogP contribution in [-0.2, 0) is 6.54 Å². The smallest absolute Gasteiger partial charge is 0.0726 e. The molecule has 0 atom stereocenters. The van der Waals surface area contributed by atoms with Crippen LogP contribution in [0.3, 0.4) is 0 Å². The standard InChI is InChI=1S/C17H23N3/c1-17(2,3)20-16-10-13(11-18-12-8-9-12)19-15-7-5-4-6-14(15)16/h4-7,10,12,18H,8-9,11H2,1-3H3,(H,19,20). The molecule has 0 amide bonds. The van der Waals surface area contributed by atoms with E-state index in [9.17, 15) is 0 Å². The van der Waals surface area contributed by atoms with Crippen molar-refractivity contribution in [2.45, 2.75) is 51.7 Å². The third-order valence-corrected chi connectivity index (χ3v) is 3.43. The lowest BCUT2D eigenvalue weighted by Crippen LogP contribution is -2.26. The molecule has 3 nitrogen and oxygen atoms in total. The molecule has 0 bridgehead atoms. The third-order valence-electron chi connectivity index (χ3n) is 3.43. The first-order valence-corrected chi connectivity index (χ1v) is 7.41. The van der Waals surface area contributed by atoms with Crippen LogP contribution < -0.4 is 10.6 Å². The summed E-state index contributed by atoms with van der Waals surface area (Å²) in [6, 6.07) is 11.2. The van der Waals surface area contributed by atoms with Gasteiger partial charge in [-0.3, -0.25) is 4.98 Å². The zero-order chi connectivity index (χ0) is 14.2. The number of nitrogens with zero attached hydrogens (tertiary/aromatic N) is 1. The predicted octanol–water partition coefficient (Wildman–Crippen LogP) is 3.70. The van der Waals surface area contributed by atoms with E-state index < -0.39 is 0 Å². The summed E-state index contributed by atoms with van der Waals surface area (Å²) in [5.41, 5.74) is 3.40. The minimum Gasteiger partial charge on any atom is -0.380 e. The monoisotopic (exact) mass is 269 g/mol. The van der Waals surface area contributed by atoms with E-state index in [2.05, 4.69) is 55.7 Å². The van der Waals surface area contributed by atoms with Crippen molar-refractivity contribution < 1.29 is 0 Å². The number of fused-ring (bicyclic) bond motifs is 1. The van der Waals surface area contributed by atoms with Crippen LogP contribution in [0.5, 0.6) is 0 Å². The second-order valence-electron chi connectivity index (χ2n) is 6.71. The Hall–Kier alpha value is -1.61. The highest BCUT2D eigenvalue weighted by atomic mass is 15.0. The maximum Gasteiger partial charge on any atom is 0.0726 e. The lowest BCUT2D eigenvalue weighted by molar-refractivity contribution is 0.634. The van der Waals surface area contributed by atoms with Gasteiger partial charge in [0.15, 0.2) is 0 Å². The zero-order valence-corrected chi connectivity index (χ0v) is 12.5. The Morgan fingerprint density at radius 2 is 1.95 bits per heavy atom. The number of aromatic nitrogens is 1. The van der Waals surface area contributed by atoms with Crippen molar-refractivity contribution in [1.29, 1.82) is 0 Å². The van der Waals surface area contributed by atoms with Gasteiger partial charge in [0.1, 0.15) is 0 Å². The number of nitrogens with one attached hydrogen (secondary N) is 2. The fourth-order valence-electron chi connectivity index (χ4n) is 2.36. The SMILES string of the molecule is CC(C)(C)Nc1cc(CNC2CC2)nc2ccccc12. The number of hydrogen-bond donors (Lipinski definition) is 2. The van der Waals surface area contributed by atoms with Crippen molar-refractivity contribution in [3.8, 4) is 0 Å². The molecule has 0 radical (unpaired) electrons. The van der Waals surface area contributed by atoms with E-state index >= 15 is 0 Å². The molecule has 20 heavy (non-hydrogen) atoms. The van der Waals surface area contributed by atoms with Crippen LogP contribution in [0.1, 0.15) is 39.3 Å². The number of hydrogen-bond acceptors (Lipinski definition) is 3. The zero-order valence-electron chi connectivity index (χ0n) is 12.5. The molecule has 106 valence electrons. The first-order chi connectivity index (χ1) is 9.51. The van der Waals surface area contributed by atoms with Gasteiger partial charge in [0.25, 0.3) is 0 Å². The Morgan fingerprint density at radius 1 is 1.20 bits per heavy atom. The Balaban J connectivity index is 1.95. The molecule has 0 aliphatic heterocycles. The summed E-state index contributed by atoms with van der Waals surface area (Å²) >= 11 is 0. The normalized spacial score (nSPS) is 15.6. The highest BCUT2D eigenvalue weighted by Crippen LogP contribution is 2.26. The molecule has 2 aromatic rings. The largest absolute Gasteiger partial charge is 0.380 e. The molecule has 1 heterocycles. The number of pyridine rings is 1. The number of benzene rings is 1. The molecule has 1 aromatic carbocycles. The van der Waals surface area contributed by atoms with Crippen molar-refractivity contribution in [2.24, 2.45) is 0 Å². The maximum absolute atomic E-state index is 4.76. The van der Waals surface area contributed by atoms with E-state index in [0.717, 1.165) is 17.8 Å². The first kappa shape index (κ1) is 13.4. The first-order valence-electron chi connectivity index (χ1n) is 7.41.